The molecule has 3 heterocycles. The number of nitrogens with zero attached hydrogens (tertiary/aromatic N) is 4. The van der Waals surface area contributed by atoms with E-state index in [4.69, 9.17) is 4.98 Å². The first-order valence-electron chi connectivity index (χ1n) is 9.80. The van der Waals surface area contributed by atoms with Crippen LogP contribution in [-0.2, 0) is 6.54 Å². The van der Waals surface area contributed by atoms with Crippen molar-refractivity contribution in [2.24, 2.45) is 0 Å². The highest BCUT2D eigenvalue weighted by molar-refractivity contribution is 5.82. The first-order valence-corrected chi connectivity index (χ1v) is 9.80. The summed E-state index contributed by atoms with van der Waals surface area (Å²) in [5.41, 5.74) is 4.42. The Balaban J connectivity index is 1.57. The number of pyridine rings is 2. The van der Waals surface area contributed by atoms with Crippen LogP contribution in [0.15, 0.2) is 65.8 Å². The third kappa shape index (κ3) is 3.61. The number of fused-ring (bicyclic) bond motifs is 1. The number of aromatic nitrogens is 4. The van der Waals surface area contributed by atoms with Gasteiger partial charge >= 0.3 is 0 Å². The number of hydrogen-bond acceptors (Lipinski definition) is 5. The van der Waals surface area contributed by atoms with Gasteiger partial charge in [0.2, 0.25) is 0 Å². The summed E-state index contributed by atoms with van der Waals surface area (Å²) in [6.07, 6.45) is 7.51. The molecule has 1 fully saturated rings. The molecule has 0 unspecified atom stereocenters. The Kier molecular flexibility index (Phi) is 4.31. The van der Waals surface area contributed by atoms with Gasteiger partial charge < -0.3 is 5.32 Å². The molecule has 1 aliphatic rings. The molecule has 0 radical (unpaired) electrons. The Labute approximate surface area is 168 Å². The highest BCUT2D eigenvalue weighted by atomic mass is 16.1. The fraction of sp³-hybridized carbons (Fsp3) is 0.217. The second-order valence-electron chi connectivity index (χ2n) is 7.54. The zero-order valence-corrected chi connectivity index (χ0v) is 16.2. The lowest BCUT2D eigenvalue weighted by molar-refractivity contribution is 0.679. The fourth-order valence-corrected chi connectivity index (χ4v) is 3.50. The Morgan fingerprint density at radius 3 is 2.69 bits per heavy atom. The minimum absolute atomic E-state index is 0.00793. The third-order valence-corrected chi connectivity index (χ3v) is 5.19. The third-order valence-electron chi connectivity index (χ3n) is 5.19. The van der Waals surface area contributed by atoms with E-state index in [2.05, 4.69) is 15.3 Å². The summed E-state index contributed by atoms with van der Waals surface area (Å²) in [4.78, 5) is 26.7. The van der Waals surface area contributed by atoms with Crippen LogP contribution in [0.25, 0.3) is 10.9 Å². The van der Waals surface area contributed by atoms with Crippen molar-refractivity contribution in [2.45, 2.75) is 32.2 Å². The van der Waals surface area contributed by atoms with Crippen LogP contribution in [0.3, 0.4) is 0 Å². The van der Waals surface area contributed by atoms with Crippen molar-refractivity contribution >= 4 is 22.3 Å². The molecule has 1 saturated carbocycles. The van der Waals surface area contributed by atoms with Crippen LogP contribution < -0.4 is 10.9 Å². The van der Waals surface area contributed by atoms with Crippen LogP contribution in [0.2, 0.25) is 0 Å². The molecule has 0 spiro atoms. The largest absolute Gasteiger partial charge is 0.354 e. The molecule has 29 heavy (non-hydrogen) atoms. The average molecular weight is 383 g/mol. The Morgan fingerprint density at radius 2 is 1.97 bits per heavy atom. The van der Waals surface area contributed by atoms with E-state index < -0.39 is 0 Å². The molecule has 0 aliphatic heterocycles. The lowest BCUT2D eigenvalue weighted by atomic mass is 10.2. The number of nitrogens with one attached hydrogen (secondary N) is 1. The van der Waals surface area contributed by atoms with Crippen molar-refractivity contribution in [1.29, 1.82) is 0 Å². The van der Waals surface area contributed by atoms with Gasteiger partial charge in [-0.1, -0.05) is 6.07 Å². The summed E-state index contributed by atoms with van der Waals surface area (Å²) in [5, 5.41) is 3.94. The lowest BCUT2D eigenvalue weighted by Gasteiger charge is -2.14. The summed E-state index contributed by atoms with van der Waals surface area (Å²) >= 11 is 0. The van der Waals surface area contributed by atoms with Crippen LogP contribution in [0.4, 0.5) is 11.4 Å². The van der Waals surface area contributed by atoms with Gasteiger partial charge in [-0.25, -0.2) is 4.98 Å². The molecule has 6 nitrogen and oxygen atoms in total. The Hall–Kier alpha value is -3.54. The van der Waals surface area contributed by atoms with Crippen molar-refractivity contribution in [1.82, 2.24) is 19.5 Å². The van der Waals surface area contributed by atoms with E-state index in [1.807, 2.05) is 54.0 Å². The predicted octanol–water partition coefficient (Wildman–Crippen LogP) is 4.16. The predicted molar refractivity (Wildman–Crippen MR) is 114 cm³/mol. The maximum Gasteiger partial charge on any atom is 0.261 e. The van der Waals surface area contributed by atoms with Crippen LogP contribution in [0.5, 0.6) is 0 Å². The van der Waals surface area contributed by atoms with Gasteiger partial charge in [0, 0.05) is 29.7 Å². The summed E-state index contributed by atoms with van der Waals surface area (Å²) in [6.45, 7) is 2.44. The van der Waals surface area contributed by atoms with Gasteiger partial charge in [-0.05, 0) is 61.7 Å². The minimum atomic E-state index is -0.00793. The standard InChI is InChI=1S/C23H21N5O/c1-15-4-7-19(13-25-15)26-18-8-9-21-20(11-18)23(29)28(22(27-21)17-5-6-17)14-16-3-2-10-24-12-16/h2-4,7-13,17,26H,5-6,14H2,1H3. The summed E-state index contributed by atoms with van der Waals surface area (Å²) < 4.78 is 1.81. The second-order valence-corrected chi connectivity index (χ2v) is 7.54. The van der Waals surface area contributed by atoms with Gasteiger partial charge in [0.1, 0.15) is 5.82 Å². The SMILES string of the molecule is Cc1ccc(Nc2ccc3nc(C4CC4)n(Cc4cccnc4)c(=O)c3c2)cn1. The van der Waals surface area contributed by atoms with E-state index in [0.717, 1.165) is 46.8 Å². The summed E-state index contributed by atoms with van der Waals surface area (Å²) in [6, 6.07) is 13.6. The smallest absolute Gasteiger partial charge is 0.261 e. The van der Waals surface area contributed by atoms with E-state index in [-0.39, 0.29) is 5.56 Å². The fourth-order valence-electron chi connectivity index (χ4n) is 3.50. The van der Waals surface area contributed by atoms with Crippen molar-refractivity contribution in [2.75, 3.05) is 5.32 Å². The molecule has 5 rings (SSSR count). The van der Waals surface area contributed by atoms with Gasteiger partial charge in [0.25, 0.3) is 5.56 Å². The molecule has 1 N–H and O–H groups in total. The van der Waals surface area contributed by atoms with E-state index in [0.29, 0.717) is 17.8 Å². The Bertz CT molecular complexity index is 1230. The van der Waals surface area contributed by atoms with Crippen molar-refractivity contribution < 1.29 is 0 Å². The number of anilines is 2. The molecule has 1 aromatic carbocycles. The van der Waals surface area contributed by atoms with Gasteiger partial charge in [-0.3, -0.25) is 19.3 Å². The second kappa shape index (κ2) is 7.13. The topological polar surface area (TPSA) is 72.7 Å². The van der Waals surface area contributed by atoms with Crippen LogP contribution >= 0.6 is 0 Å². The number of benzene rings is 1. The molecule has 6 heteroatoms. The molecule has 1 aliphatic carbocycles. The van der Waals surface area contributed by atoms with Gasteiger partial charge in [-0.15, -0.1) is 0 Å². The first kappa shape index (κ1) is 17.6. The monoisotopic (exact) mass is 383 g/mol. The number of aryl methyl sites for hydroxylation is 1. The number of rotatable bonds is 5. The maximum atomic E-state index is 13.4. The van der Waals surface area contributed by atoms with Crippen molar-refractivity contribution in [3.8, 4) is 0 Å². The van der Waals surface area contributed by atoms with Crippen LogP contribution in [0, 0.1) is 6.92 Å². The molecule has 4 aromatic rings. The van der Waals surface area contributed by atoms with Gasteiger partial charge in [0.05, 0.1) is 29.3 Å². The molecule has 0 saturated heterocycles. The molecular weight excluding hydrogens is 362 g/mol. The summed E-state index contributed by atoms with van der Waals surface area (Å²) in [7, 11) is 0. The average Bonchev–Trinajstić information content (AvgIpc) is 3.58. The summed E-state index contributed by atoms with van der Waals surface area (Å²) in [5.74, 6) is 1.26. The lowest BCUT2D eigenvalue weighted by Crippen LogP contribution is -2.25. The molecule has 144 valence electrons. The molecule has 0 bridgehead atoms. The zero-order valence-electron chi connectivity index (χ0n) is 16.2. The normalized spacial score (nSPS) is 13.6. The minimum Gasteiger partial charge on any atom is -0.354 e. The molecule has 0 atom stereocenters. The number of hydrogen-bond donors (Lipinski definition) is 1. The first-order chi connectivity index (χ1) is 14.2. The van der Waals surface area contributed by atoms with Crippen molar-refractivity contribution in [3.63, 3.8) is 0 Å². The highest BCUT2D eigenvalue weighted by Crippen LogP contribution is 2.39. The maximum absolute atomic E-state index is 13.4. The molecule has 3 aromatic heterocycles. The highest BCUT2D eigenvalue weighted by Gasteiger charge is 2.29. The van der Waals surface area contributed by atoms with Crippen molar-refractivity contribution in [3.05, 3.63) is 88.5 Å². The molecule has 0 amide bonds. The molecular formula is C23H21N5O. The quantitative estimate of drug-likeness (QED) is 0.560. The van der Waals surface area contributed by atoms with E-state index in [9.17, 15) is 4.79 Å². The Morgan fingerprint density at radius 1 is 1.10 bits per heavy atom. The van der Waals surface area contributed by atoms with E-state index >= 15 is 0 Å². The van der Waals surface area contributed by atoms with Crippen LogP contribution in [0.1, 0.15) is 35.8 Å². The van der Waals surface area contributed by atoms with Gasteiger partial charge in [0.15, 0.2) is 0 Å². The zero-order chi connectivity index (χ0) is 19.8. The van der Waals surface area contributed by atoms with E-state index in [1.165, 1.54) is 0 Å². The van der Waals surface area contributed by atoms with Gasteiger partial charge in [-0.2, -0.15) is 0 Å². The van der Waals surface area contributed by atoms with E-state index in [1.54, 1.807) is 18.6 Å². The van der Waals surface area contributed by atoms with Crippen LogP contribution in [-0.4, -0.2) is 19.5 Å².